The van der Waals surface area contributed by atoms with Crippen molar-refractivity contribution in [1.82, 2.24) is 9.55 Å². The molecule has 1 aromatic heterocycles. The maximum Gasteiger partial charge on any atom is 0.262 e. The van der Waals surface area contributed by atoms with Crippen molar-refractivity contribution < 1.29 is 27.4 Å². The van der Waals surface area contributed by atoms with Gasteiger partial charge in [-0.1, -0.05) is 12.1 Å². The van der Waals surface area contributed by atoms with E-state index in [0.29, 0.717) is 5.75 Å². The van der Waals surface area contributed by atoms with Crippen molar-refractivity contribution in [3.63, 3.8) is 0 Å². The largest absolute Gasteiger partial charge is 0.506 e. The Morgan fingerprint density at radius 1 is 1.11 bits per heavy atom. The minimum absolute atomic E-state index is 0.00125. The standard InChI is InChI=1S/C23H19FN4O6S/c1-34-21-5-3-2-4-18(21)27-35(32,33)15-7-9-20(29)19(11-15)26-22(30)12-28-13-25-17-8-6-14(24)10-16(17)23(28)31/h2-11,13,27,29H,12H2,1H3,(H,26,30). The number of sulfonamides is 1. The Balaban J connectivity index is 1.56. The van der Waals surface area contributed by atoms with Gasteiger partial charge in [0.25, 0.3) is 15.6 Å². The number of nitrogens with one attached hydrogen (secondary N) is 2. The topological polar surface area (TPSA) is 140 Å². The molecule has 0 fully saturated rings. The first-order valence-electron chi connectivity index (χ1n) is 10.1. The van der Waals surface area contributed by atoms with Crippen molar-refractivity contribution in [2.75, 3.05) is 17.1 Å². The second-order valence-electron chi connectivity index (χ2n) is 7.37. The SMILES string of the molecule is COc1ccccc1NS(=O)(=O)c1ccc(O)c(NC(=O)Cn2cnc3ccc(F)cc3c2=O)c1. The van der Waals surface area contributed by atoms with Gasteiger partial charge in [-0.05, 0) is 48.5 Å². The number of hydrogen-bond acceptors (Lipinski definition) is 7. The number of hydrogen-bond donors (Lipinski definition) is 3. The van der Waals surface area contributed by atoms with Crippen molar-refractivity contribution in [3.05, 3.63) is 83.2 Å². The molecule has 0 saturated carbocycles. The third-order valence-corrected chi connectivity index (χ3v) is 6.37. The van der Waals surface area contributed by atoms with Crippen LogP contribution >= 0.6 is 0 Å². The van der Waals surface area contributed by atoms with Gasteiger partial charge in [0.15, 0.2) is 0 Å². The number of fused-ring (bicyclic) bond motifs is 1. The van der Waals surface area contributed by atoms with Crippen LogP contribution in [0.15, 0.2) is 76.7 Å². The number of para-hydroxylation sites is 2. The number of carbonyl (C=O) groups excluding carboxylic acids is 1. The number of benzene rings is 3. The van der Waals surface area contributed by atoms with E-state index in [9.17, 15) is 27.5 Å². The second-order valence-corrected chi connectivity index (χ2v) is 9.05. The van der Waals surface area contributed by atoms with Crippen LogP contribution in [-0.4, -0.2) is 36.1 Å². The molecule has 4 rings (SSSR count). The smallest absolute Gasteiger partial charge is 0.262 e. The van der Waals surface area contributed by atoms with Crippen molar-refractivity contribution in [2.45, 2.75) is 11.4 Å². The van der Waals surface area contributed by atoms with Crippen molar-refractivity contribution >= 4 is 38.2 Å². The van der Waals surface area contributed by atoms with E-state index in [1.54, 1.807) is 18.2 Å². The first-order valence-corrected chi connectivity index (χ1v) is 11.6. The summed E-state index contributed by atoms with van der Waals surface area (Å²) in [5.41, 5.74) is -0.351. The molecule has 0 aliphatic heterocycles. The van der Waals surface area contributed by atoms with Crippen LogP contribution in [0.5, 0.6) is 11.5 Å². The summed E-state index contributed by atoms with van der Waals surface area (Å²) in [6, 6.07) is 13.3. The van der Waals surface area contributed by atoms with Crippen LogP contribution < -0.4 is 20.3 Å². The van der Waals surface area contributed by atoms with Gasteiger partial charge in [0.1, 0.15) is 23.9 Å². The number of phenolic OH excluding ortho intramolecular Hbond substituents is 1. The average Bonchev–Trinajstić information content (AvgIpc) is 2.82. The molecule has 1 heterocycles. The lowest BCUT2D eigenvalue weighted by molar-refractivity contribution is -0.116. The van der Waals surface area contributed by atoms with Crippen LogP contribution in [0.25, 0.3) is 10.9 Å². The Bertz CT molecular complexity index is 1600. The van der Waals surface area contributed by atoms with Gasteiger partial charge in [-0.2, -0.15) is 0 Å². The van der Waals surface area contributed by atoms with Crippen molar-refractivity contribution in [1.29, 1.82) is 0 Å². The molecule has 0 saturated heterocycles. The normalized spacial score (nSPS) is 11.3. The minimum Gasteiger partial charge on any atom is -0.506 e. The summed E-state index contributed by atoms with van der Waals surface area (Å²) in [4.78, 5) is 28.9. The first kappa shape index (κ1) is 23.7. The molecule has 0 atom stereocenters. The molecule has 0 radical (unpaired) electrons. The molecule has 3 N–H and O–H groups in total. The third kappa shape index (κ3) is 5.06. The zero-order valence-corrected chi connectivity index (χ0v) is 19.0. The van der Waals surface area contributed by atoms with E-state index < -0.39 is 33.9 Å². The lowest BCUT2D eigenvalue weighted by Crippen LogP contribution is -2.28. The fraction of sp³-hybridized carbons (Fsp3) is 0.0870. The summed E-state index contributed by atoms with van der Waals surface area (Å²) in [7, 11) is -2.71. The number of anilines is 2. The van der Waals surface area contributed by atoms with Crippen molar-refractivity contribution in [3.8, 4) is 11.5 Å². The van der Waals surface area contributed by atoms with E-state index in [4.69, 9.17) is 4.74 Å². The Hall–Kier alpha value is -4.45. The van der Waals surface area contributed by atoms with E-state index in [1.807, 2.05) is 0 Å². The number of nitrogens with zero attached hydrogens (tertiary/aromatic N) is 2. The lowest BCUT2D eigenvalue weighted by atomic mass is 10.2. The van der Waals surface area contributed by atoms with E-state index in [2.05, 4.69) is 15.0 Å². The quantitative estimate of drug-likeness (QED) is 0.333. The summed E-state index contributed by atoms with van der Waals surface area (Å²) in [6.45, 7) is -0.506. The number of rotatable bonds is 7. The predicted octanol–water partition coefficient (Wildman–Crippen LogP) is 2.69. The van der Waals surface area contributed by atoms with Crippen LogP contribution in [0.2, 0.25) is 0 Å². The molecule has 0 aliphatic rings. The highest BCUT2D eigenvalue weighted by molar-refractivity contribution is 7.92. The fourth-order valence-corrected chi connectivity index (χ4v) is 4.40. The lowest BCUT2D eigenvalue weighted by Gasteiger charge is -2.14. The van der Waals surface area contributed by atoms with Gasteiger partial charge in [0.05, 0.1) is 40.6 Å². The van der Waals surface area contributed by atoms with E-state index in [-0.39, 0.29) is 32.9 Å². The zero-order valence-electron chi connectivity index (χ0n) is 18.2. The van der Waals surface area contributed by atoms with Crippen LogP contribution in [0.3, 0.4) is 0 Å². The number of aromatic nitrogens is 2. The molecular weight excluding hydrogens is 479 g/mol. The molecule has 35 heavy (non-hydrogen) atoms. The van der Waals surface area contributed by atoms with Gasteiger partial charge in [-0.25, -0.2) is 17.8 Å². The molecule has 1 amide bonds. The summed E-state index contributed by atoms with van der Waals surface area (Å²) in [5.74, 6) is -1.45. The molecule has 10 nitrogen and oxygen atoms in total. The highest BCUT2D eigenvalue weighted by atomic mass is 32.2. The van der Waals surface area contributed by atoms with Gasteiger partial charge in [0, 0.05) is 0 Å². The van der Waals surface area contributed by atoms with Crippen LogP contribution in [0.4, 0.5) is 15.8 Å². The number of carbonyl (C=O) groups is 1. The number of halogens is 1. The monoisotopic (exact) mass is 498 g/mol. The summed E-state index contributed by atoms with van der Waals surface area (Å²) >= 11 is 0. The highest BCUT2D eigenvalue weighted by Gasteiger charge is 2.19. The molecule has 4 aromatic rings. The summed E-state index contributed by atoms with van der Waals surface area (Å²) in [6.07, 6.45) is 1.14. The van der Waals surface area contributed by atoms with E-state index >= 15 is 0 Å². The fourth-order valence-electron chi connectivity index (χ4n) is 3.30. The Morgan fingerprint density at radius 3 is 2.66 bits per heavy atom. The maximum absolute atomic E-state index is 13.5. The zero-order chi connectivity index (χ0) is 25.2. The van der Waals surface area contributed by atoms with E-state index in [1.165, 1.54) is 25.3 Å². The number of amides is 1. The number of ether oxygens (including phenoxy) is 1. The molecule has 0 spiro atoms. The van der Waals surface area contributed by atoms with Crippen molar-refractivity contribution in [2.24, 2.45) is 0 Å². The van der Waals surface area contributed by atoms with Gasteiger partial charge in [0.2, 0.25) is 5.91 Å². The second kappa shape index (κ2) is 9.43. The van der Waals surface area contributed by atoms with Crippen LogP contribution in [0, 0.1) is 5.82 Å². The summed E-state index contributed by atoms with van der Waals surface area (Å²) < 4.78 is 47.7. The Labute approximate surface area is 198 Å². The molecule has 12 heteroatoms. The summed E-state index contributed by atoms with van der Waals surface area (Å²) in [5, 5.41) is 12.5. The molecule has 0 aliphatic carbocycles. The predicted molar refractivity (Wildman–Crippen MR) is 127 cm³/mol. The third-order valence-electron chi connectivity index (χ3n) is 5.00. The van der Waals surface area contributed by atoms with Crippen LogP contribution in [-0.2, 0) is 21.4 Å². The first-order chi connectivity index (χ1) is 16.7. The van der Waals surface area contributed by atoms with Gasteiger partial charge in [-0.15, -0.1) is 0 Å². The minimum atomic E-state index is -4.11. The number of aromatic hydroxyl groups is 1. The molecule has 0 bridgehead atoms. The van der Waals surface area contributed by atoms with Gasteiger partial charge < -0.3 is 15.2 Å². The average molecular weight is 498 g/mol. The molecule has 3 aromatic carbocycles. The Morgan fingerprint density at radius 2 is 1.89 bits per heavy atom. The maximum atomic E-state index is 13.5. The molecule has 180 valence electrons. The van der Waals surface area contributed by atoms with Gasteiger partial charge >= 0.3 is 0 Å². The number of phenols is 1. The van der Waals surface area contributed by atoms with Gasteiger partial charge in [-0.3, -0.25) is 18.9 Å². The molecule has 0 unspecified atom stereocenters. The van der Waals surface area contributed by atoms with E-state index in [0.717, 1.165) is 35.2 Å². The molecular formula is C23H19FN4O6S. The Kier molecular flexibility index (Phi) is 6.38. The highest BCUT2D eigenvalue weighted by Crippen LogP contribution is 2.30. The van der Waals surface area contributed by atoms with Crippen LogP contribution in [0.1, 0.15) is 0 Å². The number of methoxy groups -OCH3 is 1.